The van der Waals surface area contributed by atoms with Gasteiger partial charge in [0.25, 0.3) is 0 Å². The second kappa shape index (κ2) is 3.19. The normalized spacial score (nSPS) is 27.3. The first-order valence-corrected chi connectivity index (χ1v) is 4.51. The summed E-state index contributed by atoms with van der Waals surface area (Å²) in [5.41, 5.74) is 7.06. The van der Waals surface area contributed by atoms with E-state index < -0.39 is 11.1 Å². The molecule has 0 fully saturated rings. The fourth-order valence-electron chi connectivity index (χ4n) is 1.09. The average Bonchev–Trinajstić information content (AvgIpc) is 1.85. The van der Waals surface area contributed by atoms with Crippen LogP contribution in [0.5, 0.6) is 0 Å². The second-order valence-electron chi connectivity index (χ2n) is 2.59. The molecule has 0 spiro atoms. The predicted molar refractivity (Wildman–Crippen MR) is 45.2 cm³/mol. The third-order valence-electron chi connectivity index (χ3n) is 1.71. The van der Waals surface area contributed by atoms with Crippen molar-refractivity contribution in [3.8, 4) is 0 Å². The van der Waals surface area contributed by atoms with Gasteiger partial charge in [-0.3, -0.25) is 0 Å². The van der Waals surface area contributed by atoms with E-state index in [4.69, 9.17) is 10.3 Å². The van der Waals surface area contributed by atoms with E-state index in [-0.39, 0.29) is 5.25 Å². The molecule has 1 aliphatic rings. The first kappa shape index (κ1) is 8.49. The van der Waals surface area contributed by atoms with E-state index in [0.29, 0.717) is 12.1 Å². The van der Waals surface area contributed by atoms with Gasteiger partial charge in [0.2, 0.25) is 0 Å². The number of nitrogens with two attached hydrogens (primary N) is 1. The summed E-state index contributed by atoms with van der Waals surface area (Å²) in [5, 5.41) is -0.262. The molecule has 1 aliphatic carbocycles. The van der Waals surface area contributed by atoms with Gasteiger partial charge in [-0.2, -0.15) is 0 Å². The minimum atomic E-state index is -1.77. The molecule has 2 atom stereocenters. The number of hydrogen-bond acceptors (Lipinski definition) is 2. The lowest BCUT2D eigenvalue weighted by Gasteiger charge is -2.15. The van der Waals surface area contributed by atoms with Crippen LogP contribution < -0.4 is 5.73 Å². The Kier molecular flexibility index (Phi) is 2.46. The smallest absolute Gasteiger partial charge is 0.160 e. The molecule has 3 nitrogen and oxygen atoms in total. The van der Waals surface area contributed by atoms with Crippen LogP contribution in [0.1, 0.15) is 13.3 Å². The molecule has 0 saturated heterocycles. The van der Waals surface area contributed by atoms with Crippen molar-refractivity contribution >= 4 is 11.1 Å². The van der Waals surface area contributed by atoms with E-state index in [1.165, 1.54) is 0 Å². The summed E-state index contributed by atoms with van der Waals surface area (Å²) in [6.45, 7) is 1.82. The summed E-state index contributed by atoms with van der Waals surface area (Å²) < 4.78 is 19.5. The van der Waals surface area contributed by atoms with Crippen LogP contribution in [-0.4, -0.2) is 14.0 Å². The van der Waals surface area contributed by atoms with Crippen molar-refractivity contribution in [2.75, 3.05) is 0 Å². The average molecular weight is 173 g/mol. The highest BCUT2D eigenvalue weighted by Gasteiger charge is 2.18. The van der Waals surface area contributed by atoms with Crippen LogP contribution in [0.15, 0.2) is 23.4 Å². The summed E-state index contributed by atoms with van der Waals surface area (Å²) in [7, 11) is 0. The van der Waals surface area contributed by atoms with Crippen molar-refractivity contribution in [3.05, 3.63) is 23.4 Å². The van der Waals surface area contributed by atoms with Gasteiger partial charge in [-0.25, -0.2) is 4.21 Å². The van der Waals surface area contributed by atoms with Crippen molar-refractivity contribution in [2.45, 2.75) is 18.6 Å². The lowest BCUT2D eigenvalue weighted by molar-refractivity contribution is 0.553. The van der Waals surface area contributed by atoms with E-state index in [9.17, 15) is 4.21 Å². The lowest BCUT2D eigenvalue weighted by Crippen LogP contribution is -2.19. The highest BCUT2D eigenvalue weighted by Crippen LogP contribution is 2.18. The SMILES string of the molecule is CC1=CC(N)=CCC1S(=O)O. The van der Waals surface area contributed by atoms with E-state index in [0.717, 1.165) is 5.57 Å². The van der Waals surface area contributed by atoms with E-state index in [1.54, 1.807) is 12.2 Å². The van der Waals surface area contributed by atoms with Crippen LogP contribution in [0.3, 0.4) is 0 Å². The molecule has 0 bridgehead atoms. The van der Waals surface area contributed by atoms with Crippen molar-refractivity contribution in [2.24, 2.45) is 5.73 Å². The number of allylic oxidation sites excluding steroid dienone is 2. The summed E-state index contributed by atoms with van der Waals surface area (Å²) in [4.78, 5) is 0. The van der Waals surface area contributed by atoms with Crippen molar-refractivity contribution in [3.63, 3.8) is 0 Å². The Hall–Kier alpha value is -0.610. The van der Waals surface area contributed by atoms with Crippen LogP contribution in [0.25, 0.3) is 0 Å². The van der Waals surface area contributed by atoms with Gasteiger partial charge in [0.15, 0.2) is 11.1 Å². The minimum Gasteiger partial charge on any atom is -0.399 e. The fourth-order valence-corrected chi connectivity index (χ4v) is 1.73. The van der Waals surface area contributed by atoms with Crippen LogP contribution in [0.4, 0.5) is 0 Å². The van der Waals surface area contributed by atoms with Crippen molar-refractivity contribution in [1.29, 1.82) is 0 Å². The zero-order valence-electron chi connectivity index (χ0n) is 6.28. The first-order valence-electron chi connectivity index (χ1n) is 3.34. The molecule has 1 rings (SSSR count). The maximum Gasteiger partial charge on any atom is 0.160 e. The van der Waals surface area contributed by atoms with Gasteiger partial charge >= 0.3 is 0 Å². The Bertz CT molecular complexity index is 245. The number of rotatable bonds is 1. The molecule has 0 aromatic carbocycles. The monoisotopic (exact) mass is 173 g/mol. The minimum absolute atomic E-state index is 0.262. The number of hydrogen-bond donors (Lipinski definition) is 2. The molecule has 0 aliphatic heterocycles. The largest absolute Gasteiger partial charge is 0.399 e. The summed E-state index contributed by atoms with van der Waals surface area (Å²) in [5.74, 6) is 0. The summed E-state index contributed by atoms with van der Waals surface area (Å²) in [6, 6.07) is 0. The molecule has 2 unspecified atom stereocenters. The Morgan fingerprint density at radius 2 is 2.45 bits per heavy atom. The van der Waals surface area contributed by atoms with Gasteiger partial charge in [0.05, 0.1) is 5.25 Å². The van der Waals surface area contributed by atoms with Gasteiger partial charge < -0.3 is 10.3 Å². The van der Waals surface area contributed by atoms with Gasteiger partial charge in [-0.1, -0.05) is 11.6 Å². The van der Waals surface area contributed by atoms with Crippen molar-refractivity contribution in [1.82, 2.24) is 0 Å². The quantitative estimate of drug-likeness (QED) is 0.576. The lowest BCUT2D eigenvalue weighted by atomic mass is 10.0. The Labute approximate surface area is 68.3 Å². The molecule has 0 radical (unpaired) electrons. The maximum absolute atomic E-state index is 10.7. The predicted octanol–water partition coefficient (Wildman–Crippen LogP) is 0.769. The molecule has 0 heterocycles. The molecule has 0 saturated carbocycles. The van der Waals surface area contributed by atoms with Gasteiger partial charge in [0, 0.05) is 5.70 Å². The third kappa shape index (κ3) is 1.91. The summed E-state index contributed by atoms with van der Waals surface area (Å²) >= 11 is -1.77. The highest BCUT2D eigenvalue weighted by molar-refractivity contribution is 7.80. The fraction of sp³-hybridized carbons (Fsp3) is 0.429. The van der Waals surface area contributed by atoms with Gasteiger partial charge in [0.1, 0.15) is 0 Å². The molecule has 0 aromatic rings. The molecule has 3 N–H and O–H groups in total. The Morgan fingerprint density at radius 1 is 1.82 bits per heavy atom. The molecule has 0 aromatic heterocycles. The van der Waals surface area contributed by atoms with E-state index in [2.05, 4.69) is 0 Å². The van der Waals surface area contributed by atoms with Crippen LogP contribution in [0, 0.1) is 0 Å². The summed E-state index contributed by atoms with van der Waals surface area (Å²) in [6.07, 6.45) is 4.07. The Balaban J connectivity index is 2.80. The second-order valence-corrected chi connectivity index (χ2v) is 3.71. The molecular formula is C7H11NO2S. The van der Waals surface area contributed by atoms with Crippen LogP contribution in [0.2, 0.25) is 0 Å². The molecule has 62 valence electrons. The topological polar surface area (TPSA) is 63.3 Å². The Morgan fingerprint density at radius 3 is 2.91 bits per heavy atom. The molecule has 11 heavy (non-hydrogen) atoms. The van der Waals surface area contributed by atoms with Crippen LogP contribution >= 0.6 is 0 Å². The van der Waals surface area contributed by atoms with Crippen molar-refractivity contribution < 1.29 is 8.76 Å². The molecule has 0 amide bonds. The first-order chi connectivity index (χ1) is 5.11. The maximum atomic E-state index is 10.7. The molecule has 4 heteroatoms. The zero-order chi connectivity index (χ0) is 8.43. The van der Waals surface area contributed by atoms with Gasteiger partial charge in [-0.05, 0) is 19.4 Å². The van der Waals surface area contributed by atoms with E-state index in [1.807, 2.05) is 6.92 Å². The highest BCUT2D eigenvalue weighted by atomic mass is 32.2. The zero-order valence-corrected chi connectivity index (χ0v) is 7.10. The van der Waals surface area contributed by atoms with Gasteiger partial charge in [-0.15, -0.1) is 0 Å². The standard InChI is InChI=1S/C7H11NO2S/c1-5-4-6(8)2-3-7(5)11(9)10/h2,4,7H,3,8H2,1H3,(H,9,10). The van der Waals surface area contributed by atoms with E-state index >= 15 is 0 Å². The molecular weight excluding hydrogens is 162 g/mol. The van der Waals surface area contributed by atoms with Crippen LogP contribution in [-0.2, 0) is 11.1 Å². The third-order valence-corrected chi connectivity index (χ3v) is 2.76.